The number of thiophene rings is 1. The maximum absolute atomic E-state index is 12.8. The van der Waals surface area contributed by atoms with E-state index < -0.39 is 0 Å². The summed E-state index contributed by atoms with van der Waals surface area (Å²) in [4.78, 5) is 32.7. The number of hydrogen-bond donors (Lipinski definition) is 1. The second kappa shape index (κ2) is 7.15. The normalized spacial score (nSPS) is 15.4. The first-order chi connectivity index (χ1) is 13.0. The molecule has 27 heavy (non-hydrogen) atoms. The molecule has 1 fully saturated rings. The lowest BCUT2D eigenvalue weighted by molar-refractivity contribution is 0.0689. The number of likely N-dealkylation sites (tertiary alicyclic amines) is 1. The molecule has 1 aliphatic heterocycles. The number of aryl methyl sites for hydroxylation is 2. The molecule has 4 heterocycles. The van der Waals surface area contributed by atoms with E-state index in [0.29, 0.717) is 31.1 Å². The van der Waals surface area contributed by atoms with Crippen LogP contribution in [0.1, 0.15) is 32.9 Å². The number of carbonyl (C=O) groups excluding carboxylic acids is 2. The number of nitrogens with zero attached hydrogens (tertiary/aromatic N) is 5. The van der Waals surface area contributed by atoms with Crippen molar-refractivity contribution in [3.8, 4) is 0 Å². The molecule has 1 aliphatic rings. The number of piperidine rings is 1. The molecule has 1 saturated heterocycles. The Morgan fingerprint density at radius 2 is 2.07 bits per heavy atom. The fraction of sp³-hybridized carbons (Fsp3) is 0.444. The van der Waals surface area contributed by atoms with E-state index in [1.54, 1.807) is 30.5 Å². The van der Waals surface area contributed by atoms with Crippen LogP contribution in [0, 0.1) is 5.92 Å². The summed E-state index contributed by atoms with van der Waals surface area (Å²) in [6.45, 7) is 2.06. The molecule has 0 bridgehead atoms. The summed E-state index contributed by atoms with van der Waals surface area (Å²) in [5.74, 6) is 0.369. The summed E-state index contributed by atoms with van der Waals surface area (Å²) in [5, 5.41) is 6.99. The minimum absolute atomic E-state index is 0.0795. The number of imidazole rings is 1. The first-order valence-corrected chi connectivity index (χ1v) is 9.80. The van der Waals surface area contributed by atoms with E-state index in [0.717, 1.165) is 28.1 Å². The van der Waals surface area contributed by atoms with Crippen molar-refractivity contribution in [3.05, 3.63) is 35.2 Å². The Balaban J connectivity index is 1.29. The summed E-state index contributed by atoms with van der Waals surface area (Å²) in [7, 11) is 3.72. The first kappa shape index (κ1) is 17.7. The molecule has 3 aromatic rings. The van der Waals surface area contributed by atoms with E-state index in [1.165, 1.54) is 11.3 Å². The molecule has 142 valence electrons. The Hall–Kier alpha value is -2.68. The van der Waals surface area contributed by atoms with Crippen LogP contribution in [0.3, 0.4) is 0 Å². The van der Waals surface area contributed by atoms with Gasteiger partial charge in [0.2, 0.25) is 0 Å². The molecular formula is C18H22N6O2S. The number of hydrogen-bond acceptors (Lipinski definition) is 5. The molecule has 1 N–H and O–H groups in total. The lowest BCUT2D eigenvalue weighted by atomic mass is 9.96. The summed E-state index contributed by atoms with van der Waals surface area (Å²) >= 11 is 1.45. The van der Waals surface area contributed by atoms with Gasteiger partial charge in [0.05, 0.1) is 28.5 Å². The van der Waals surface area contributed by atoms with Crippen molar-refractivity contribution < 1.29 is 9.59 Å². The van der Waals surface area contributed by atoms with Gasteiger partial charge in [0.1, 0.15) is 4.83 Å². The summed E-state index contributed by atoms with van der Waals surface area (Å²) in [6, 6.07) is 1.93. The molecule has 0 aliphatic carbocycles. The van der Waals surface area contributed by atoms with Crippen molar-refractivity contribution in [2.24, 2.45) is 20.0 Å². The van der Waals surface area contributed by atoms with Crippen LogP contribution in [0.4, 0.5) is 0 Å². The molecule has 0 saturated carbocycles. The van der Waals surface area contributed by atoms with Crippen molar-refractivity contribution in [1.29, 1.82) is 0 Å². The van der Waals surface area contributed by atoms with Crippen LogP contribution in [-0.4, -0.2) is 55.7 Å². The highest BCUT2D eigenvalue weighted by Crippen LogP contribution is 2.26. The van der Waals surface area contributed by atoms with Gasteiger partial charge in [-0.1, -0.05) is 0 Å². The average Bonchev–Trinajstić information content (AvgIpc) is 3.37. The standard InChI is InChI=1S/C18H22N6O2S/c1-22-11-20-17-14(22)7-15(27-17)18(26)24-5-3-12(4-6-24)8-19-16(25)13-9-21-23(2)10-13/h7,9-12H,3-6,8H2,1-2H3,(H,19,25). The van der Waals surface area contributed by atoms with Crippen molar-refractivity contribution in [1.82, 2.24) is 29.5 Å². The van der Waals surface area contributed by atoms with Crippen LogP contribution in [0.2, 0.25) is 0 Å². The number of amides is 2. The van der Waals surface area contributed by atoms with Crippen LogP contribution in [0.5, 0.6) is 0 Å². The smallest absolute Gasteiger partial charge is 0.264 e. The van der Waals surface area contributed by atoms with E-state index in [9.17, 15) is 9.59 Å². The van der Waals surface area contributed by atoms with Gasteiger partial charge in [0.15, 0.2) is 0 Å². The van der Waals surface area contributed by atoms with Crippen LogP contribution >= 0.6 is 11.3 Å². The zero-order valence-corrected chi connectivity index (χ0v) is 16.2. The number of aromatic nitrogens is 4. The van der Waals surface area contributed by atoms with Gasteiger partial charge >= 0.3 is 0 Å². The lowest BCUT2D eigenvalue weighted by Gasteiger charge is -2.31. The Morgan fingerprint density at radius 1 is 1.30 bits per heavy atom. The van der Waals surface area contributed by atoms with Gasteiger partial charge in [-0.25, -0.2) is 4.98 Å². The molecule has 0 aromatic carbocycles. The monoisotopic (exact) mass is 386 g/mol. The van der Waals surface area contributed by atoms with Crippen LogP contribution in [0.15, 0.2) is 24.8 Å². The zero-order valence-electron chi connectivity index (χ0n) is 15.4. The van der Waals surface area contributed by atoms with E-state index in [2.05, 4.69) is 15.4 Å². The van der Waals surface area contributed by atoms with Crippen LogP contribution in [0.25, 0.3) is 10.3 Å². The number of rotatable bonds is 4. The van der Waals surface area contributed by atoms with Crippen LogP contribution < -0.4 is 5.32 Å². The molecule has 0 atom stereocenters. The van der Waals surface area contributed by atoms with Gasteiger partial charge in [-0.05, 0) is 24.8 Å². The Kier molecular flexibility index (Phi) is 4.69. The third kappa shape index (κ3) is 3.59. The van der Waals surface area contributed by atoms with Gasteiger partial charge in [0, 0.05) is 39.9 Å². The van der Waals surface area contributed by atoms with Crippen LogP contribution in [-0.2, 0) is 14.1 Å². The quantitative estimate of drug-likeness (QED) is 0.739. The molecule has 2 amide bonds. The van der Waals surface area contributed by atoms with Gasteiger partial charge < -0.3 is 14.8 Å². The van der Waals surface area contributed by atoms with Gasteiger partial charge in [-0.3, -0.25) is 14.3 Å². The summed E-state index contributed by atoms with van der Waals surface area (Å²) in [5.41, 5.74) is 1.57. The SMILES string of the molecule is Cn1cc(C(=O)NCC2CCN(C(=O)c3cc4c(ncn4C)s3)CC2)cn1. The highest BCUT2D eigenvalue weighted by atomic mass is 32.1. The van der Waals surface area contributed by atoms with Gasteiger partial charge in [0.25, 0.3) is 11.8 Å². The molecule has 0 unspecified atom stereocenters. The van der Waals surface area contributed by atoms with E-state index in [4.69, 9.17) is 0 Å². The van der Waals surface area contributed by atoms with Crippen molar-refractivity contribution in [2.45, 2.75) is 12.8 Å². The van der Waals surface area contributed by atoms with Crippen molar-refractivity contribution in [2.75, 3.05) is 19.6 Å². The zero-order chi connectivity index (χ0) is 19.0. The van der Waals surface area contributed by atoms with Gasteiger partial charge in [-0.2, -0.15) is 5.10 Å². The van der Waals surface area contributed by atoms with E-state index in [-0.39, 0.29) is 11.8 Å². The second-order valence-corrected chi connectivity index (χ2v) is 8.04. The summed E-state index contributed by atoms with van der Waals surface area (Å²) < 4.78 is 3.54. The number of fused-ring (bicyclic) bond motifs is 1. The Bertz CT molecular complexity index is 979. The predicted octanol–water partition coefficient (Wildman–Crippen LogP) is 1.65. The predicted molar refractivity (Wildman–Crippen MR) is 103 cm³/mol. The van der Waals surface area contributed by atoms with E-state index in [1.807, 2.05) is 22.6 Å². The number of carbonyl (C=O) groups is 2. The summed E-state index contributed by atoms with van der Waals surface area (Å²) in [6.07, 6.45) is 6.82. The second-order valence-electron chi connectivity index (χ2n) is 7.00. The molecular weight excluding hydrogens is 364 g/mol. The minimum atomic E-state index is -0.0978. The maximum atomic E-state index is 12.8. The molecule has 0 spiro atoms. The first-order valence-electron chi connectivity index (χ1n) is 8.98. The molecule has 0 radical (unpaired) electrons. The minimum Gasteiger partial charge on any atom is -0.352 e. The van der Waals surface area contributed by atoms with Crippen molar-refractivity contribution in [3.63, 3.8) is 0 Å². The highest BCUT2D eigenvalue weighted by molar-refractivity contribution is 7.20. The van der Waals surface area contributed by atoms with Gasteiger partial charge in [-0.15, -0.1) is 11.3 Å². The fourth-order valence-electron chi connectivity index (χ4n) is 3.40. The Morgan fingerprint density at radius 3 is 2.74 bits per heavy atom. The third-order valence-corrected chi connectivity index (χ3v) is 6.07. The lowest BCUT2D eigenvalue weighted by Crippen LogP contribution is -2.41. The average molecular weight is 386 g/mol. The van der Waals surface area contributed by atoms with Crippen molar-refractivity contribution >= 4 is 33.5 Å². The molecule has 8 nitrogen and oxygen atoms in total. The van der Waals surface area contributed by atoms with E-state index >= 15 is 0 Å². The molecule has 9 heteroatoms. The maximum Gasteiger partial charge on any atom is 0.264 e. The molecule has 4 rings (SSSR count). The Labute approximate surface area is 160 Å². The molecule has 3 aromatic heterocycles. The topological polar surface area (TPSA) is 85.0 Å². The largest absolute Gasteiger partial charge is 0.352 e. The third-order valence-electron chi connectivity index (χ3n) is 5.05. The highest BCUT2D eigenvalue weighted by Gasteiger charge is 2.25. The fourth-order valence-corrected chi connectivity index (χ4v) is 4.40. The number of nitrogens with one attached hydrogen (secondary N) is 1.